The number of methoxy groups -OCH3 is 1. The molecule has 25 heavy (non-hydrogen) atoms. The second-order valence-electron chi connectivity index (χ2n) is 6.69. The van der Waals surface area contributed by atoms with E-state index in [0.29, 0.717) is 19.1 Å². The number of para-hydroxylation sites is 1. The van der Waals surface area contributed by atoms with Crippen molar-refractivity contribution >= 4 is 18.3 Å². The number of rotatable bonds is 7. The lowest BCUT2D eigenvalue weighted by atomic mass is 10.0. The summed E-state index contributed by atoms with van der Waals surface area (Å²) in [5.74, 6) is 1.45. The van der Waals surface area contributed by atoms with E-state index in [0.717, 1.165) is 30.8 Å². The first-order valence-corrected chi connectivity index (χ1v) is 8.80. The average molecular weight is 371 g/mol. The van der Waals surface area contributed by atoms with Gasteiger partial charge in [-0.15, -0.1) is 12.4 Å². The van der Waals surface area contributed by atoms with Gasteiger partial charge in [0, 0.05) is 31.8 Å². The molecule has 1 amide bonds. The summed E-state index contributed by atoms with van der Waals surface area (Å²) in [6.45, 7) is 8.99. The highest BCUT2D eigenvalue weighted by molar-refractivity contribution is 5.85. The molecule has 2 atom stereocenters. The highest BCUT2D eigenvalue weighted by atomic mass is 35.5. The Bertz CT molecular complexity index is 539. The van der Waals surface area contributed by atoms with Crippen LogP contribution in [0.5, 0.6) is 5.75 Å². The van der Waals surface area contributed by atoms with Gasteiger partial charge in [-0.05, 0) is 25.3 Å². The van der Waals surface area contributed by atoms with Gasteiger partial charge in [0.2, 0.25) is 0 Å². The maximum atomic E-state index is 12.9. The third kappa shape index (κ3) is 5.87. The number of nitrogens with zero attached hydrogens (tertiary/aromatic N) is 1. The fraction of sp³-hybridized carbons (Fsp3) is 0.632. The van der Waals surface area contributed by atoms with Crippen molar-refractivity contribution in [3.63, 3.8) is 0 Å². The van der Waals surface area contributed by atoms with Crippen LogP contribution >= 0.6 is 12.4 Å². The smallest absolute Gasteiger partial charge is 0.252 e. The Hall–Kier alpha value is -1.30. The van der Waals surface area contributed by atoms with E-state index in [1.165, 1.54) is 0 Å². The van der Waals surface area contributed by atoms with Crippen molar-refractivity contribution in [1.29, 1.82) is 0 Å². The SMILES string of the molecule is COc1ccccc1C1CNCCN1C(=O)C(C)OCCC(C)C.Cl. The molecule has 1 saturated heterocycles. The predicted octanol–water partition coefficient (Wildman–Crippen LogP) is 3.04. The van der Waals surface area contributed by atoms with E-state index in [4.69, 9.17) is 9.47 Å². The molecule has 1 heterocycles. The molecule has 0 radical (unpaired) electrons. The van der Waals surface area contributed by atoms with Crippen LogP contribution in [-0.4, -0.2) is 50.3 Å². The number of carbonyl (C=O) groups excluding carboxylic acids is 1. The number of ether oxygens (including phenoxy) is 2. The molecular weight excluding hydrogens is 340 g/mol. The van der Waals surface area contributed by atoms with Gasteiger partial charge in [0.25, 0.3) is 5.91 Å². The first-order chi connectivity index (χ1) is 11.5. The molecular formula is C19H31ClN2O3. The molecule has 6 heteroatoms. The molecule has 1 N–H and O–H groups in total. The van der Waals surface area contributed by atoms with Crippen LogP contribution in [0, 0.1) is 5.92 Å². The standard InChI is InChI=1S/C19H30N2O3.ClH/c1-14(2)9-12-24-15(3)19(22)21-11-10-20-13-17(21)16-7-5-6-8-18(16)23-4;/h5-8,14-15,17,20H,9-13H2,1-4H3;1H. The molecule has 142 valence electrons. The number of halogens is 1. The largest absolute Gasteiger partial charge is 0.496 e. The van der Waals surface area contributed by atoms with Crippen molar-refractivity contribution < 1.29 is 14.3 Å². The molecule has 2 unspecified atom stereocenters. The van der Waals surface area contributed by atoms with Crippen LogP contribution in [0.15, 0.2) is 24.3 Å². The van der Waals surface area contributed by atoms with Crippen LogP contribution in [0.25, 0.3) is 0 Å². The number of carbonyl (C=O) groups is 1. The topological polar surface area (TPSA) is 50.8 Å². The summed E-state index contributed by atoms with van der Waals surface area (Å²) in [5, 5.41) is 3.38. The number of hydrogen-bond donors (Lipinski definition) is 1. The molecule has 1 aliphatic heterocycles. The Morgan fingerprint density at radius 2 is 2.04 bits per heavy atom. The zero-order chi connectivity index (χ0) is 17.5. The molecule has 1 aromatic rings. The number of piperazine rings is 1. The normalized spacial score (nSPS) is 18.6. The Morgan fingerprint density at radius 3 is 2.72 bits per heavy atom. The van der Waals surface area contributed by atoms with Crippen molar-refractivity contribution in [3.05, 3.63) is 29.8 Å². The van der Waals surface area contributed by atoms with E-state index in [-0.39, 0.29) is 24.4 Å². The van der Waals surface area contributed by atoms with Crippen LogP contribution in [0.3, 0.4) is 0 Å². The second kappa shape index (κ2) is 10.6. The van der Waals surface area contributed by atoms with E-state index in [1.54, 1.807) is 7.11 Å². The first-order valence-electron chi connectivity index (χ1n) is 8.80. The maximum absolute atomic E-state index is 12.9. The Morgan fingerprint density at radius 1 is 1.32 bits per heavy atom. The zero-order valence-corrected chi connectivity index (χ0v) is 16.5. The highest BCUT2D eigenvalue weighted by Crippen LogP contribution is 2.30. The van der Waals surface area contributed by atoms with Crippen molar-refractivity contribution in [2.45, 2.75) is 39.3 Å². The molecule has 0 bridgehead atoms. The van der Waals surface area contributed by atoms with E-state index >= 15 is 0 Å². The fourth-order valence-electron chi connectivity index (χ4n) is 2.97. The first kappa shape index (κ1) is 21.7. The Kier molecular flexibility index (Phi) is 9.25. The van der Waals surface area contributed by atoms with Crippen molar-refractivity contribution in [2.24, 2.45) is 5.92 Å². The van der Waals surface area contributed by atoms with Gasteiger partial charge in [-0.2, -0.15) is 0 Å². The van der Waals surface area contributed by atoms with Crippen LogP contribution in [0.4, 0.5) is 0 Å². The van der Waals surface area contributed by atoms with Crippen LogP contribution < -0.4 is 10.1 Å². The van der Waals surface area contributed by atoms with E-state index in [1.807, 2.05) is 36.1 Å². The molecule has 5 nitrogen and oxygen atoms in total. The summed E-state index contributed by atoms with van der Waals surface area (Å²) < 4.78 is 11.2. The molecule has 1 fully saturated rings. The molecule has 1 aliphatic rings. The van der Waals surface area contributed by atoms with Crippen molar-refractivity contribution in [1.82, 2.24) is 10.2 Å². The molecule has 2 rings (SSSR count). The summed E-state index contributed by atoms with van der Waals surface area (Å²) in [4.78, 5) is 14.8. The minimum atomic E-state index is -0.418. The lowest BCUT2D eigenvalue weighted by Gasteiger charge is -2.38. The van der Waals surface area contributed by atoms with Crippen LogP contribution in [0.1, 0.15) is 38.8 Å². The molecule has 1 aromatic carbocycles. The van der Waals surface area contributed by atoms with E-state index in [2.05, 4.69) is 19.2 Å². The third-order valence-corrected chi connectivity index (χ3v) is 4.44. The Labute approximate surface area is 157 Å². The van der Waals surface area contributed by atoms with Gasteiger partial charge in [-0.1, -0.05) is 32.0 Å². The molecule has 0 aromatic heterocycles. The lowest BCUT2D eigenvalue weighted by Crippen LogP contribution is -2.51. The molecule has 0 aliphatic carbocycles. The second-order valence-corrected chi connectivity index (χ2v) is 6.69. The summed E-state index contributed by atoms with van der Waals surface area (Å²) in [5.41, 5.74) is 1.04. The fourth-order valence-corrected chi connectivity index (χ4v) is 2.97. The summed E-state index contributed by atoms with van der Waals surface area (Å²) in [6, 6.07) is 7.87. The van der Waals surface area contributed by atoms with Gasteiger partial charge in [0.1, 0.15) is 11.9 Å². The van der Waals surface area contributed by atoms with E-state index < -0.39 is 6.10 Å². The molecule has 0 saturated carbocycles. The zero-order valence-electron chi connectivity index (χ0n) is 15.7. The number of hydrogen-bond acceptors (Lipinski definition) is 4. The van der Waals surface area contributed by atoms with E-state index in [9.17, 15) is 4.79 Å². The summed E-state index contributed by atoms with van der Waals surface area (Å²) in [7, 11) is 1.67. The Balaban J connectivity index is 0.00000312. The minimum Gasteiger partial charge on any atom is -0.496 e. The highest BCUT2D eigenvalue weighted by Gasteiger charge is 2.32. The number of amides is 1. The summed E-state index contributed by atoms with van der Waals surface area (Å²) >= 11 is 0. The van der Waals surface area contributed by atoms with Gasteiger partial charge in [0.15, 0.2) is 0 Å². The lowest BCUT2D eigenvalue weighted by molar-refractivity contribution is -0.146. The van der Waals surface area contributed by atoms with Crippen molar-refractivity contribution in [3.8, 4) is 5.75 Å². The van der Waals surface area contributed by atoms with Gasteiger partial charge >= 0.3 is 0 Å². The molecule has 0 spiro atoms. The van der Waals surface area contributed by atoms with Crippen LogP contribution in [0.2, 0.25) is 0 Å². The maximum Gasteiger partial charge on any atom is 0.252 e. The van der Waals surface area contributed by atoms with Gasteiger partial charge < -0.3 is 19.7 Å². The number of benzene rings is 1. The van der Waals surface area contributed by atoms with Gasteiger partial charge in [-0.25, -0.2) is 0 Å². The summed E-state index contributed by atoms with van der Waals surface area (Å²) in [6.07, 6.45) is 0.550. The number of nitrogens with one attached hydrogen (secondary N) is 1. The minimum absolute atomic E-state index is 0. The van der Waals surface area contributed by atoms with Crippen LogP contribution in [-0.2, 0) is 9.53 Å². The quantitative estimate of drug-likeness (QED) is 0.801. The average Bonchev–Trinajstić information content (AvgIpc) is 2.60. The van der Waals surface area contributed by atoms with Gasteiger partial charge in [0.05, 0.1) is 13.2 Å². The van der Waals surface area contributed by atoms with Crippen molar-refractivity contribution in [2.75, 3.05) is 33.4 Å². The monoisotopic (exact) mass is 370 g/mol. The predicted molar refractivity (Wildman–Crippen MR) is 102 cm³/mol. The van der Waals surface area contributed by atoms with Gasteiger partial charge in [-0.3, -0.25) is 4.79 Å². The third-order valence-electron chi connectivity index (χ3n) is 4.44.